The Labute approximate surface area is 133 Å². The Morgan fingerprint density at radius 3 is 2.95 bits per heavy atom. The standard InChI is InChI=1S/C17H26ClNO2/c1-4-9-20-16-7-6-13(18)11-15(16)19-14-8-10-21-17(3,5-2)12-14/h6-7,11,14,19H,4-5,8-10,12H2,1-3H3. The average Bonchev–Trinajstić information content (AvgIpc) is 2.47. The lowest BCUT2D eigenvalue weighted by Gasteiger charge is -2.38. The number of halogens is 1. The quantitative estimate of drug-likeness (QED) is 0.811. The molecular weight excluding hydrogens is 286 g/mol. The minimum Gasteiger partial charge on any atom is -0.491 e. The first kappa shape index (κ1) is 16.4. The molecule has 3 nitrogen and oxygen atoms in total. The molecule has 0 aromatic heterocycles. The van der Waals surface area contributed by atoms with Crippen molar-refractivity contribution in [3.8, 4) is 5.75 Å². The first-order chi connectivity index (χ1) is 10.1. The second-order valence-electron chi connectivity index (χ2n) is 5.97. The number of ether oxygens (including phenoxy) is 2. The number of hydrogen-bond donors (Lipinski definition) is 1. The molecule has 4 heteroatoms. The lowest BCUT2D eigenvalue weighted by molar-refractivity contribution is -0.0709. The van der Waals surface area contributed by atoms with Crippen LogP contribution in [-0.2, 0) is 4.74 Å². The lowest BCUT2D eigenvalue weighted by Crippen LogP contribution is -2.41. The van der Waals surface area contributed by atoms with E-state index in [-0.39, 0.29) is 5.60 Å². The molecule has 0 amide bonds. The van der Waals surface area contributed by atoms with Crippen molar-refractivity contribution in [1.29, 1.82) is 0 Å². The average molecular weight is 312 g/mol. The van der Waals surface area contributed by atoms with E-state index in [0.717, 1.165) is 55.4 Å². The van der Waals surface area contributed by atoms with Gasteiger partial charge in [0.2, 0.25) is 0 Å². The second kappa shape index (κ2) is 7.37. The molecule has 0 saturated carbocycles. The summed E-state index contributed by atoms with van der Waals surface area (Å²) in [4.78, 5) is 0. The molecule has 0 radical (unpaired) electrons. The Hall–Kier alpha value is -0.930. The van der Waals surface area contributed by atoms with Crippen LogP contribution in [-0.4, -0.2) is 24.9 Å². The molecular formula is C17H26ClNO2. The summed E-state index contributed by atoms with van der Waals surface area (Å²) in [6.45, 7) is 7.99. The van der Waals surface area contributed by atoms with Crippen LogP contribution in [0.1, 0.15) is 46.5 Å². The summed E-state index contributed by atoms with van der Waals surface area (Å²) >= 11 is 6.13. The summed E-state index contributed by atoms with van der Waals surface area (Å²) in [6.07, 6.45) is 4.03. The normalized spacial score (nSPS) is 25.6. The van der Waals surface area contributed by atoms with Gasteiger partial charge in [-0.25, -0.2) is 0 Å². The fraction of sp³-hybridized carbons (Fsp3) is 0.647. The van der Waals surface area contributed by atoms with Gasteiger partial charge in [-0.05, 0) is 50.8 Å². The van der Waals surface area contributed by atoms with Gasteiger partial charge in [-0.2, -0.15) is 0 Å². The van der Waals surface area contributed by atoms with Gasteiger partial charge in [0.05, 0.1) is 17.9 Å². The topological polar surface area (TPSA) is 30.5 Å². The molecule has 1 N–H and O–H groups in total. The smallest absolute Gasteiger partial charge is 0.142 e. The zero-order valence-corrected chi connectivity index (χ0v) is 14.0. The fourth-order valence-electron chi connectivity index (χ4n) is 2.67. The van der Waals surface area contributed by atoms with Crippen molar-refractivity contribution < 1.29 is 9.47 Å². The fourth-order valence-corrected chi connectivity index (χ4v) is 2.84. The minimum absolute atomic E-state index is 0.0288. The van der Waals surface area contributed by atoms with E-state index in [2.05, 4.69) is 26.1 Å². The molecule has 1 aromatic carbocycles. The molecule has 1 aliphatic heterocycles. The van der Waals surface area contributed by atoms with Gasteiger partial charge in [0.25, 0.3) is 0 Å². The van der Waals surface area contributed by atoms with Gasteiger partial charge in [0.15, 0.2) is 0 Å². The van der Waals surface area contributed by atoms with Crippen LogP contribution in [0.5, 0.6) is 5.75 Å². The van der Waals surface area contributed by atoms with Crippen molar-refractivity contribution in [2.75, 3.05) is 18.5 Å². The van der Waals surface area contributed by atoms with Crippen molar-refractivity contribution in [2.45, 2.75) is 58.1 Å². The number of rotatable bonds is 6. The zero-order valence-electron chi connectivity index (χ0n) is 13.2. The molecule has 2 unspecified atom stereocenters. The van der Waals surface area contributed by atoms with Crippen LogP contribution in [0.25, 0.3) is 0 Å². The summed E-state index contributed by atoms with van der Waals surface area (Å²) in [6, 6.07) is 6.16. The van der Waals surface area contributed by atoms with E-state index >= 15 is 0 Å². The third-order valence-corrected chi connectivity index (χ3v) is 4.34. The molecule has 118 valence electrons. The summed E-state index contributed by atoms with van der Waals surface area (Å²) in [5, 5.41) is 4.33. The maximum Gasteiger partial charge on any atom is 0.142 e. The van der Waals surface area contributed by atoms with E-state index in [4.69, 9.17) is 21.1 Å². The van der Waals surface area contributed by atoms with Crippen LogP contribution >= 0.6 is 11.6 Å². The van der Waals surface area contributed by atoms with E-state index in [1.54, 1.807) is 0 Å². The van der Waals surface area contributed by atoms with Crippen LogP contribution in [0.15, 0.2) is 18.2 Å². The van der Waals surface area contributed by atoms with E-state index < -0.39 is 0 Å². The van der Waals surface area contributed by atoms with Crippen molar-refractivity contribution in [3.05, 3.63) is 23.2 Å². The number of anilines is 1. The third-order valence-electron chi connectivity index (χ3n) is 4.11. The van der Waals surface area contributed by atoms with Gasteiger partial charge in [-0.3, -0.25) is 0 Å². The molecule has 0 spiro atoms. The van der Waals surface area contributed by atoms with Crippen LogP contribution in [0, 0.1) is 0 Å². The van der Waals surface area contributed by atoms with Gasteiger partial charge in [0, 0.05) is 17.7 Å². The lowest BCUT2D eigenvalue weighted by atomic mass is 9.90. The number of hydrogen-bond acceptors (Lipinski definition) is 3. The second-order valence-corrected chi connectivity index (χ2v) is 6.41. The van der Waals surface area contributed by atoms with E-state index in [9.17, 15) is 0 Å². The predicted molar refractivity (Wildman–Crippen MR) is 88.5 cm³/mol. The van der Waals surface area contributed by atoms with Gasteiger partial charge < -0.3 is 14.8 Å². The highest BCUT2D eigenvalue weighted by molar-refractivity contribution is 6.30. The van der Waals surface area contributed by atoms with Crippen molar-refractivity contribution in [2.24, 2.45) is 0 Å². The molecule has 0 aliphatic carbocycles. The molecule has 2 rings (SSSR count). The predicted octanol–water partition coefficient (Wildman–Crippen LogP) is 4.89. The van der Waals surface area contributed by atoms with Crippen LogP contribution < -0.4 is 10.1 Å². The molecule has 1 fully saturated rings. The van der Waals surface area contributed by atoms with Gasteiger partial charge in [0.1, 0.15) is 5.75 Å². The summed E-state index contributed by atoms with van der Waals surface area (Å²) in [5.41, 5.74) is 0.958. The SMILES string of the molecule is CCCOc1ccc(Cl)cc1NC1CCOC(C)(CC)C1. The van der Waals surface area contributed by atoms with Crippen molar-refractivity contribution in [3.63, 3.8) is 0 Å². The first-order valence-electron chi connectivity index (χ1n) is 7.89. The molecule has 0 bridgehead atoms. The maximum absolute atomic E-state index is 6.13. The monoisotopic (exact) mass is 311 g/mol. The Balaban J connectivity index is 2.09. The van der Waals surface area contributed by atoms with E-state index in [0.29, 0.717) is 6.04 Å². The van der Waals surface area contributed by atoms with Crippen LogP contribution in [0.2, 0.25) is 5.02 Å². The molecule has 1 aliphatic rings. The van der Waals surface area contributed by atoms with Gasteiger partial charge in [-0.1, -0.05) is 25.4 Å². The summed E-state index contributed by atoms with van der Waals surface area (Å²) in [7, 11) is 0. The Kier molecular flexibility index (Phi) is 5.77. The largest absolute Gasteiger partial charge is 0.491 e. The number of nitrogens with one attached hydrogen (secondary N) is 1. The molecule has 1 aromatic rings. The maximum atomic E-state index is 6.13. The molecule has 1 heterocycles. The number of benzene rings is 1. The van der Waals surface area contributed by atoms with Crippen LogP contribution in [0.4, 0.5) is 5.69 Å². The van der Waals surface area contributed by atoms with E-state index in [1.165, 1.54) is 0 Å². The Bertz CT molecular complexity index is 466. The zero-order chi connectivity index (χ0) is 15.3. The summed E-state index contributed by atoms with van der Waals surface area (Å²) in [5.74, 6) is 0.881. The molecule has 21 heavy (non-hydrogen) atoms. The molecule has 1 saturated heterocycles. The highest BCUT2D eigenvalue weighted by Crippen LogP contribution is 2.33. The first-order valence-corrected chi connectivity index (χ1v) is 8.27. The van der Waals surface area contributed by atoms with Gasteiger partial charge >= 0.3 is 0 Å². The Morgan fingerprint density at radius 2 is 2.24 bits per heavy atom. The minimum atomic E-state index is -0.0288. The highest BCUT2D eigenvalue weighted by Gasteiger charge is 2.31. The summed E-state index contributed by atoms with van der Waals surface area (Å²) < 4.78 is 11.7. The van der Waals surface area contributed by atoms with Crippen molar-refractivity contribution in [1.82, 2.24) is 0 Å². The van der Waals surface area contributed by atoms with Gasteiger partial charge in [-0.15, -0.1) is 0 Å². The highest BCUT2D eigenvalue weighted by atomic mass is 35.5. The van der Waals surface area contributed by atoms with Crippen LogP contribution in [0.3, 0.4) is 0 Å². The third kappa shape index (κ3) is 4.52. The Morgan fingerprint density at radius 1 is 1.43 bits per heavy atom. The van der Waals surface area contributed by atoms with Crippen molar-refractivity contribution >= 4 is 17.3 Å². The van der Waals surface area contributed by atoms with E-state index in [1.807, 2.05) is 18.2 Å². The molecule has 2 atom stereocenters.